The Labute approximate surface area is 133 Å². The number of carboxylic acid groups (broad SMARTS) is 1. The van der Waals surface area contributed by atoms with Crippen molar-refractivity contribution in [1.29, 1.82) is 0 Å². The van der Waals surface area contributed by atoms with E-state index in [-0.39, 0.29) is 17.9 Å². The summed E-state index contributed by atoms with van der Waals surface area (Å²) in [5, 5.41) is 15.4. The van der Waals surface area contributed by atoms with Crippen molar-refractivity contribution >= 4 is 29.3 Å². The van der Waals surface area contributed by atoms with E-state index in [0.29, 0.717) is 31.1 Å². The molecular weight excluding hydrogens is 306 g/mol. The molecule has 118 valence electrons. The minimum absolute atomic E-state index is 0.0978. The Bertz CT molecular complexity index is 608. The number of likely N-dealkylation sites (tertiary alicyclic amines) is 1. The Morgan fingerprint density at radius 2 is 2.27 bits per heavy atom. The largest absolute Gasteiger partial charge is 0.465 e. The van der Waals surface area contributed by atoms with Gasteiger partial charge in [0.15, 0.2) is 0 Å². The highest BCUT2D eigenvalue weighted by atomic mass is 35.5. The molecule has 0 spiro atoms. The number of hydrogen-bond acceptors (Lipinski definition) is 3. The van der Waals surface area contributed by atoms with Crippen molar-refractivity contribution in [2.24, 2.45) is 0 Å². The Morgan fingerprint density at radius 1 is 1.45 bits per heavy atom. The maximum atomic E-state index is 12.2. The lowest BCUT2D eigenvalue weighted by atomic mass is 9.89. The van der Waals surface area contributed by atoms with Crippen LogP contribution in [0.1, 0.15) is 28.3 Å². The zero-order valence-electron chi connectivity index (χ0n) is 12.0. The summed E-state index contributed by atoms with van der Waals surface area (Å²) in [5.41, 5.74) is 2.45. The molecule has 6 nitrogen and oxygen atoms in total. The van der Waals surface area contributed by atoms with Crippen molar-refractivity contribution in [1.82, 2.24) is 10.2 Å². The molecule has 1 fully saturated rings. The summed E-state index contributed by atoms with van der Waals surface area (Å²) in [5.74, 6) is 0.312. The number of benzene rings is 1. The van der Waals surface area contributed by atoms with Crippen molar-refractivity contribution in [2.45, 2.75) is 18.4 Å². The molecule has 0 unspecified atom stereocenters. The molecule has 2 atom stereocenters. The number of nitrogens with one attached hydrogen (secondary N) is 2. The average molecular weight is 324 g/mol. The fourth-order valence-corrected chi connectivity index (χ4v) is 3.38. The second-order valence-corrected chi connectivity index (χ2v) is 5.97. The van der Waals surface area contributed by atoms with Gasteiger partial charge in [-0.2, -0.15) is 0 Å². The van der Waals surface area contributed by atoms with Crippen LogP contribution in [0.5, 0.6) is 0 Å². The van der Waals surface area contributed by atoms with E-state index >= 15 is 0 Å². The smallest absolute Gasteiger partial charge is 0.407 e. The van der Waals surface area contributed by atoms with Crippen LogP contribution in [0, 0.1) is 0 Å². The molecule has 1 saturated heterocycles. The Hall–Kier alpha value is -1.95. The Morgan fingerprint density at radius 3 is 3.00 bits per heavy atom. The van der Waals surface area contributed by atoms with Crippen LogP contribution in [-0.2, 0) is 0 Å². The van der Waals surface area contributed by atoms with Gasteiger partial charge in [0, 0.05) is 37.5 Å². The maximum Gasteiger partial charge on any atom is 0.407 e. The fraction of sp³-hybridized carbons (Fsp3) is 0.467. The number of fused-ring (bicyclic) bond motifs is 3. The molecule has 2 aliphatic heterocycles. The zero-order valence-corrected chi connectivity index (χ0v) is 12.8. The summed E-state index contributed by atoms with van der Waals surface area (Å²) in [6.45, 7) is 1.40. The maximum absolute atomic E-state index is 12.2. The van der Waals surface area contributed by atoms with E-state index in [1.54, 1.807) is 6.07 Å². The fourth-order valence-electron chi connectivity index (χ4n) is 3.28. The number of halogens is 1. The van der Waals surface area contributed by atoms with Crippen LogP contribution in [-0.4, -0.2) is 53.6 Å². The lowest BCUT2D eigenvalue weighted by Crippen LogP contribution is -2.44. The molecule has 22 heavy (non-hydrogen) atoms. The Kier molecular flexibility index (Phi) is 4.11. The first-order valence-corrected chi connectivity index (χ1v) is 7.86. The molecule has 3 N–H and O–H groups in total. The van der Waals surface area contributed by atoms with Gasteiger partial charge in [0.25, 0.3) is 5.91 Å². The molecule has 2 amide bonds. The molecule has 1 aromatic rings. The molecule has 1 aromatic carbocycles. The monoisotopic (exact) mass is 323 g/mol. The number of piperidine rings is 1. The van der Waals surface area contributed by atoms with Crippen LogP contribution in [0.15, 0.2) is 18.2 Å². The first-order chi connectivity index (χ1) is 10.6. The highest BCUT2D eigenvalue weighted by molar-refractivity contribution is 6.18. The number of carbonyl (C=O) groups is 2. The predicted molar refractivity (Wildman–Crippen MR) is 83.9 cm³/mol. The number of rotatable bonds is 3. The van der Waals surface area contributed by atoms with Crippen molar-refractivity contribution in [3.8, 4) is 0 Å². The van der Waals surface area contributed by atoms with Crippen molar-refractivity contribution < 1.29 is 14.7 Å². The van der Waals surface area contributed by atoms with Gasteiger partial charge in [0.05, 0.1) is 11.3 Å². The first-order valence-electron chi connectivity index (χ1n) is 7.33. The second kappa shape index (κ2) is 6.04. The molecule has 2 aliphatic rings. The van der Waals surface area contributed by atoms with Crippen LogP contribution < -0.4 is 10.6 Å². The van der Waals surface area contributed by atoms with Crippen molar-refractivity contribution in [3.63, 3.8) is 0 Å². The third-order valence-electron chi connectivity index (χ3n) is 4.33. The first kappa shape index (κ1) is 15.0. The average Bonchev–Trinajstić information content (AvgIpc) is 2.90. The van der Waals surface area contributed by atoms with Crippen molar-refractivity contribution in [2.75, 3.05) is 30.8 Å². The van der Waals surface area contributed by atoms with E-state index in [0.717, 1.165) is 17.7 Å². The topological polar surface area (TPSA) is 81.7 Å². The van der Waals surface area contributed by atoms with E-state index in [4.69, 9.17) is 11.6 Å². The van der Waals surface area contributed by atoms with Crippen LogP contribution in [0.4, 0.5) is 10.5 Å². The predicted octanol–water partition coefficient (Wildman–Crippen LogP) is 1.92. The molecule has 0 radical (unpaired) electrons. The van der Waals surface area contributed by atoms with Gasteiger partial charge in [0.1, 0.15) is 0 Å². The van der Waals surface area contributed by atoms with Crippen LogP contribution in [0.2, 0.25) is 0 Å². The van der Waals surface area contributed by atoms with E-state index in [2.05, 4.69) is 10.6 Å². The Balaban J connectivity index is 1.86. The summed E-state index contributed by atoms with van der Waals surface area (Å²) in [6.07, 6.45) is -0.142. The number of para-hydroxylation sites is 1. The van der Waals surface area contributed by atoms with Crippen LogP contribution in [0.25, 0.3) is 0 Å². The zero-order chi connectivity index (χ0) is 15.7. The molecule has 0 saturated carbocycles. The molecule has 7 heteroatoms. The van der Waals surface area contributed by atoms with Gasteiger partial charge in [-0.25, -0.2) is 4.79 Å². The summed E-state index contributed by atoms with van der Waals surface area (Å²) < 4.78 is 0. The number of anilines is 1. The lowest BCUT2D eigenvalue weighted by Gasteiger charge is -2.33. The van der Waals surface area contributed by atoms with Gasteiger partial charge in [-0.15, -0.1) is 11.6 Å². The second-order valence-electron chi connectivity index (χ2n) is 5.59. The highest BCUT2D eigenvalue weighted by Crippen LogP contribution is 2.41. The molecule has 0 bridgehead atoms. The summed E-state index contributed by atoms with van der Waals surface area (Å²) in [4.78, 5) is 24.8. The number of alkyl halides is 1. The molecular formula is C15H18ClN3O3. The van der Waals surface area contributed by atoms with Crippen LogP contribution in [0.3, 0.4) is 0 Å². The van der Waals surface area contributed by atoms with Crippen LogP contribution >= 0.6 is 11.6 Å². The minimum atomic E-state index is -0.886. The van der Waals surface area contributed by atoms with E-state index in [9.17, 15) is 14.7 Å². The SMILES string of the molecule is O=C(NCCCl)c1cccc2c1N[C@@H]1CCN(C(=O)O)C[C@H]21. The van der Waals surface area contributed by atoms with Gasteiger partial charge in [-0.1, -0.05) is 12.1 Å². The number of nitrogens with zero attached hydrogens (tertiary/aromatic N) is 1. The molecule has 0 aliphatic carbocycles. The highest BCUT2D eigenvalue weighted by Gasteiger charge is 2.39. The van der Waals surface area contributed by atoms with Gasteiger partial charge in [-0.3, -0.25) is 4.79 Å². The quantitative estimate of drug-likeness (QED) is 0.742. The van der Waals surface area contributed by atoms with Gasteiger partial charge >= 0.3 is 6.09 Å². The molecule has 2 heterocycles. The minimum Gasteiger partial charge on any atom is -0.465 e. The third kappa shape index (κ3) is 2.59. The normalized spacial score (nSPS) is 22.5. The van der Waals surface area contributed by atoms with E-state index in [1.807, 2.05) is 12.1 Å². The standard InChI is InChI=1S/C15H18ClN3O3/c16-5-6-17-14(20)10-3-1-2-9-11-8-19(15(21)22)7-4-12(11)18-13(9)10/h1-3,11-12,18H,4-8H2,(H,17,20)(H,21,22)/t11-,12-/m1/s1. The summed E-state index contributed by atoms with van der Waals surface area (Å²) in [6, 6.07) is 5.78. The van der Waals surface area contributed by atoms with Gasteiger partial charge in [-0.05, 0) is 18.1 Å². The van der Waals surface area contributed by atoms with E-state index < -0.39 is 6.09 Å². The third-order valence-corrected chi connectivity index (χ3v) is 4.52. The number of amides is 2. The van der Waals surface area contributed by atoms with Crippen molar-refractivity contribution in [3.05, 3.63) is 29.3 Å². The lowest BCUT2D eigenvalue weighted by molar-refractivity contribution is 0.0956. The van der Waals surface area contributed by atoms with Gasteiger partial charge < -0.3 is 20.6 Å². The van der Waals surface area contributed by atoms with Gasteiger partial charge in [0.2, 0.25) is 0 Å². The summed E-state index contributed by atoms with van der Waals surface area (Å²) in [7, 11) is 0. The van der Waals surface area contributed by atoms with E-state index in [1.165, 1.54) is 4.90 Å². The number of carbonyl (C=O) groups excluding carboxylic acids is 1. The molecule has 3 rings (SSSR count). The summed E-state index contributed by atoms with van der Waals surface area (Å²) >= 11 is 5.60. The number of hydrogen-bond donors (Lipinski definition) is 3. The molecule has 0 aromatic heterocycles.